The molecule has 0 aliphatic heterocycles. The van der Waals surface area contributed by atoms with E-state index >= 15 is 0 Å². The van der Waals surface area contributed by atoms with Gasteiger partial charge in [-0.2, -0.15) is 5.26 Å². The number of carbonyl (C=O) groups excluding carboxylic acids is 1. The lowest BCUT2D eigenvalue weighted by atomic mass is 10.0. The normalized spacial score (nSPS) is 11.5. The van der Waals surface area contributed by atoms with E-state index in [-0.39, 0.29) is 11.9 Å². The van der Waals surface area contributed by atoms with Gasteiger partial charge in [-0.05, 0) is 50.6 Å². The minimum atomic E-state index is -0.0363. The molecular weight excluding hydrogens is 272 g/mol. The van der Waals surface area contributed by atoms with Crippen molar-refractivity contribution in [2.45, 2.75) is 26.8 Å². The maximum Gasteiger partial charge on any atom is 0.254 e. The maximum absolute atomic E-state index is 12.7. The smallest absolute Gasteiger partial charge is 0.254 e. The lowest BCUT2D eigenvalue weighted by Crippen LogP contribution is -2.33. The SMILES string of the molecule is CCN(C(=O)c1cccc(C)c1)C(C)c1ccc(C#N)cc1. The molecule has 2 aromatic rings. The average molecular weight is 292 g/mol. The van der Waals surface area contributed by atoms with Crippen LogP contribution in [0.5, 0.6) is 0 Å². The second kappa shape index (κ2) is 6.91. The highest BCUT2D eigenvalue weighted by Crippen LogP contribution is 2.22. The Morgan fingerprint density at radius 1 is 1.23 bits per heavy atom. The van der Waals surface area contributed by atoms with E-state index < -0.39 is 0 Å². The van der Waals surface area contributed by atoms with Gasteiger partial charge in [-0.15, -0.1) is 0 Å². The third-order valence-electron chi connectivity index (χ3n) is 3.86. The highest BCUT2D eigenvalue weighted by molar-refractivity contribution is 5.94. The first kappa shape index (κ1) is 15.8. The number of nitrogens with zero attached hydrogens (tertiary/aromatic N) is 2. The lowest BCUT2D eigenvalue weighted by Gasteiger charge is -2.28. The molecule has 3 heteroatoms. The first-order valence-corrected chi connectivity index (χ1v) is 7.44. The Bertz CT molecular complexity index is 698. The number of hydrogen-bond acceptors (Lipinski definition) is 2. The minimum Gasteiger partial charge on any atom is -0.332 e. The number of hydrogen-bond donors (Lipinski definition) is 0. The van der Waals surface area contributed by atoms with E-state index in [1.54, 1.807) is 12.1 Å². The first-order valence-electron chi connectivity index (χ1n) is 7.44. The summed E-state index contributed by atoms with van der Waals surface area (Å²) in [5.41, 5.74) is 3.45. The zero-order chi connectivity index (χ0) is 16.1. The van der Waals surface area contributed by atoms with Crippen molar-refractivity contribution in [1.82, 2.24) is 4.90 Å². The van der Waals surface area contributed by atoms with Crippen LogP contribution >= 0.6 is 0 Å². The Hall–Kier alpha value is -2.60. The predicted octanol–water partition coefficient (Wildman–Crippen LogP) is 4.09. The Morgan fingerprint density at radius 2 is 1.91 bits per heavy atom. The average Bonchev–Trinajstić information content (AvgIpc) is 2.55. The molecule has 0 aliphatic carbocycles. The fourth-order valence-corrected chi connectivity index (χ4v) is 2.55. The van der Waals surface area contributed by atoms with Crippen molar-refractivity contribution < 1.29 is 4.79 Å². The van der Waals surface area contributed by atoms with Crippen LogP contribution in [0.1, 0.15) is 46.9 Å². The minimum absolute atomic E-state index is 0.0306. The van der Waals surface area contributed by atoms with Crippen LogP contribution in [0.25, 0.3) is 0 Å². The molecule has 0 aromatic heterocycles. The quantitative estimate of drug-likeness (QED) is 0.852. The molecule has 0 aliphatic rings. The van der Waals surface area contributed by atoms with Crippen LogP contribution in [0.2, 0.25) is 0 Å². The van der Waals surface area contributed by atoms with E-state index in [1.807, 2.05) is 62.1 Å². The molecule has 1 unspecified atom stereocenters. The molecule has 112 valence electrons. The van der Waals surface area contributed by atoms with Gasteiger partial charge in [0.2, 0.25) is 0 Å². The molecule has 0 saturated carbocycles. The van der Waals surface area contributed by atoms with Crippen LogP contribution in [0, 0.1) is 18.3 Å². The van der Waals surface area contributed by atoms with Crippen LogP contribution in [0.4, 0.5) is 0 Å². The largest absolute Gasteiger partial charge is 0.332 e. The standard InChI is InChI=1S/C19H20N2O/c1-4-21(19(22)18-7-5-6-14(2)12-18)15(3)17-10-8-16(13-20)9-11-17/h5-12,15H,4H2,1-3H3. The van der Waals surface area contributed by atoms with E-state index in [0.29, 0.717) is 17.7 Å². The third kappa shape index (κ3) is 3.35. The van der Waals surface area contributed by atoms with Crippen LogP contribution < -0.4 is 0 Å². The van der Waals surface area contributed by atoms with Gasteiger partial charge in [0.1, 0.15) is 0 Å². The summed E-state index contributed by atoms with van der Waals surface area (Å²) in [5.74, 6) is 0.0306. The number of nitriles is 1. The number of aryl methyl sites for hydroxylation is 1. The third-order valence-corrected chi connectivity index (χ3v) is 3.86. The van der Waals surface area contributed by atoms with E-state index in [0.717, 1.165) is 11.1 Å². The summed E-state index contributed by atoms with van der Waals surface area (Å²) in [6, 6.07) is 17.1. The van der Waals surface area contributed by atoms with Gasteiger partial charge in [-0.3, -0.25) is 4.79 Å². The number of carbonyl (C=O) groups is 1. The summed E-state index contributed by atoms with van der Waals surface area (Å²) in [4.78, 5) is 14.6. The van der Waals surface area contributed by atoms with E-state index in [1.165, 1.54) is 0 Å². The molecule has 22 heavy (non-hydrogen) atoms. The monoisotopic (exact) mass is 292 g/mol. The number of benzene rings is 2. The van der Waals surface area contributed by atoms with Gasteiger partial charge in [0.25, 0.3) is 5.91 Å². The summed E-state index contributed by atoms with van der Waals surface area (Å²) >= 11 is 0. The van der Waals surface area contributed by atoms with Crippen LogP contribution in [0.3, 0.4) is 0 Å². The molecule has 2 aromatic carbocycles. The second-order valence-electron chi connectivity index (χ2n) is 5.37. The highest BCUT2D eigenvalue weighted by atomic mass is 16.2. The van der Waals surface area contributed by atoms with Crippen molar-refractivity contribution in [2.75, 3.05) is 6.54 Å². The second-order valence-corrected chi connectivity index (χ2v) is 5.37. The van der Waals surface area contributed by atoms with E-state index in [2.05, 4.69) is 6.07 Å². The Balaban J connectivity index is 2.26. The molecule has 0 bridgehead atoms. The van der Waals surface area contributed by atoms with E-state index in [9.17, 15) is 4.79 Å². The molecule has 0 N–H and O–H groups in total. The first-order chi connectivity index (χ1) is 10.6. The van der Waals surface area contributed by atoms with Crippen molar-refractivity contribution in [1.29, 1.82) is 5.26 Å². The molecule has 0 fully saturated rings. The molecule has 0 spiro atoms. The topological polar surface area (TPSA) is 44.1 Å². The summed E-state index contributed by atoms with van der Waals surface area (Å²) < 4.78 is 0. The molecule has 1 atom stereocenters. The van der Waals surface area contributed by atoms with Crippen molar-refractivity contribution >= 4 is 5.91 Å². The van der Waals surface area contributed by atoms with Crippen LogP contribution in [-0.2, 0) is 0 Å². The van der Waals surface area contributed by atoms with Gasteiger partial charge in [0.15, 0.2) is 0 Å². The van der Waals surface area contributed by atoms with Crippen molar-refractivity contribution in [3.05, 3.63) is 70.8 Å². The van der Waals surface area contributed by atoms with Gasteiger partial charge in [-0.25, -0.2) is 0 Å². The van der Waals surface area contributed by atoms with Gasteiger partial charge in [0, 0.05) is 12.1 Å². The predicted molar refractivity (Wildman–Crippen MR) is 87.5 cm³/mol. The fraction of sp³-hybridized carbons (Fsp3) is 0.263. The van der Waals surface area contributed by atoms with Gasteiger partial charge in [-0.1, -0.05) is 29.8 Å². The highest BCUT2D eigenvalue weighted by Gasteiger charge is 2.21. The Morgan fingerprint density at radius 3 is 2.45 bits per heavy atom. The van der Waals surface area contributed by atoms with Gasteiger partial charge in [0.05, 0.1) is 17.7 Å². The van der Waals surface area contributed by atoms with E-state index in [4.69, 9.17) is 5.26 Å². The Kier molecular flexibility index (Phi) is 4.95. The molecule has 0 saturated heterocycles. The van der Waals surface area contributed by atoms with Crippen LogP contribution in [0.15, 0.2) is 48.5 Å². The fourth-order valence-electron chi connectivity index (χ4n) is 2.55. The summed E-state index contributed by atoms with van der Waals surface area (Å²) in [5, 5.41) is 8.87. The summed E-state index contributed by atoms with van der Waals surface area (Å²) in [7, 11) is 0. The number of amides is 1. The molecule has 0 heterocycles. The van der Waals surface area contributed by atoms with Crippen molar-refractivity contribution in [2.24, 2.45) is 0 Å². The summed E-state index contributed by atoms with van der Waals surface area (Å²) in [6.45, 7) is 6.61. The molecule has 3 nitrogen and oxygen atoms in total. The van der Waals surface area contributed by atoms with Gasteiger partial charge < -0.3 is 4.90 Å². The zero-order valence-corrected chi connectivity index (χ0v) is 13.2. The molecule has 0 radical (unpaired) electrons. The molecule has 2 rings (SSSR count). The summed E-state index contributed by atoms with van der Waals surface area (Å²) in [6.07, 6.45) is 0. The molecular formula is C19H20N2O. The lowest BCUT2D eigenvalue weighted by molar-refractivity contribution is 0.0702. The molecule has 1 amide bonds. The van der Waals surface area contributed by atoms with Crippen molar-refractivity contribution in [3.63, 3.8) is 0 Å². The Labute approximate surface area is 131 Å². The van der Waals surface area contributed by atoms with Gasteiger partial charge >= 0.3 is 0 Å². The van der Waals surface area contributed by atoms with Crippen LogP contribution in [-0.4, -0.2) is 17.4 Å². The number of rotatable bonds is 4. The van der Waals surface area contributed by atoms with Crippen molar-refractivity contribution in [3.8, 4) is 6.07 Å². The zero-order valence-electron chi connectivity index (χ0n) is 13.2. The maximum atomic E-state index is 12.7.